The Kier molecular flexibility index (Phi) is 5.72. The lowest BCUT2D eigenvalue weighted by Gasteiger charge is -2.12. The number of rotatable bonds is 7. The number of ether oxygens (including phenoxy) is 2. The van der Waals surface area contributed by atoms with Crippen LogP contribution in [0.15, 0.2) is 36.4 Å². The van der Waals surface area contributed by atoms with Crippen molar-refractivity contribution in [1.29, 1.82) is 0 Å². The highest BCUT2D eigenvalue weighted by molar-refractivity contribution is 5.37. The second kappa shape index (κ2) is 7.75. The summed E-state index contributed by atoms with van der Waals surface area (Å²) in [4.78, 5) is 0. The SMILES string of the molecule is COc1ccc(CCCN)cc1COc1ccc(F)cc1F. The molecule has 0 saturated carbocycles. The summed E-state index contributed by atoms with van der Waals surface area (Å²) in [5.41, 5.74) is 7.43. The number of hydrogen-bond acceptors (Lipinski definition) is 3. The van der Waals surface area contributed by atoms with Crippen molar-refractivity contribution in [3.8, 4) is 11.5 Å². The topological polar surface area (TPSA) is 44.5 Å². The van der Waals surface area contributed by atoms with E-state index in [9.17, 15) is 8.78 Å². The van der Waals surface area contributed by atoms with Crippen molar-refractivity contribution < 1.29 is 18.3 Å². The molecular formula is C17H19F2NO2. The summed E-state index contributed by atoms with van der Waals surface area (Å²) in [6, 6.07) is 9.00. The number of nitrogens with two attached hydrogens (primary N) is 1. The highest BCUT2D eigenvalue weighted by atomic mass is 19.1. The maximum absolute atomic E-state index is 13.6. The van der Waals surface area contributed by atoms with Gasteiger partial charge in [0.15, 0.2) is 11.6 Å². The number of hydrogen-bond donors (Lipinski definition) is 1. The van der Waals surface area contributed by atoms with Crippen molar-refractivity contribution in [2.24, 2.45) is 5.73 Å². The molecule has 0 saturated heterocycles. The van der Waals surface area contributed by atoms with Gasteiger partial charge in [-0.05, 0) is 49.2 Å². The van der Waals surface area contributed by atoms with Crippen molar-refractivity contribution in [1.82, 2.24) is 0 Å². The molecule has 0 fully saturated rings. The van der Waals surface area contributed by atoms with E-state index in [1.165, 1.54) is 6.07 Å². The molecule has 0 heterocycles. The van der Waals surface area contributed by atoms with Gasteiger partial charge in [0.2, 0.25) is 0 Å². The molecule has 0 aliphatic rings. The number of aryl methyl sites for hydroxylation is 1. The van der Waals surface area contributed by atoms with E-state index in [0.717, 1.165) is 36.1 Å². The summed E-state index contributed by atoms with van der Waals surface area (Å²) in [7, 11) is 1.57. The first-order valence-electron chi connectivity index (χ1n) is 7.07. The van der Waals surface area contributed by atoms with E-state index in [0.29, 0.717) is 12.3 Å². The molecule has 0 aromatic heterocycles. The average molecular weight is 307 g/mol. The molecular weight excluding hydrogens is 288 g/mol. The number of benzene rings is 2. The minimum atomic E-state index is -0.724. The van der Waals surface area contributed by atoms with Crippen molar-refractivity contribution in [2.45, 2.75) is 19.4 Å². The molecule has 3 nitrogen and oxygen atoms in total. The molecule has 2 rings (SSSR count). The van der Waals surface area contributed by atoms with E-state index in [1.54, 1.807) is 7.11 Å². The molecule has 0 unspecified atom stereocenters. The van der Waals surface area contributed by atoms with Crippen LogP contribution < -0.4 is 15.2 Å². The normalized spacial score (nSPS) is 10.5. The Labute approximate surface area is 128 Å². The molecule has 0 spiro atoms. The third-order valence-corrected chi connectivity index (χ3v) is 3.29. The van der Waals surface area contributed by atoms with Crippen LogP contribution in [0.3, 0.4) is 0 Å². The zero-order chi connectivity index (χ0) is 15.9. The fourth-order valence-corrected chi connectivity index (χ4v) is 2.15. The van der Waals surface area contributed by atoms with Crippen LogP contribution in [0.1, 0.15) is 17.5 Å². The summed E-state index contributed by atoms with van der Waals surface area (Å²) in [5, 5.41) is 0. The van der Waals surface area contributed by atoms with Gasteiger partial charge in [0.05, 0.1) is 7.11 Å². The first-order chi connectivity index (χ1) is 10.6. The maximum Gasteiger partial charge on any atom is 0.167 e. The summed E-state index contributed by atoms with van der Waals surface area (Å²) >= 11 is 0. The lowest BCUT2D eigenvalue weighted by Crippen LogP contribution is -2.03. The van der Waals surface area contributed by atoms with E-state index >= 15 is 0 Å². The van der Waals surface area contributed by atoms with Crippen molar-refractivity contribution >= 4 is 0 Å². The third kappa shape index (κ3) is 4.18. The first-order valence-corrected chi connectivity index (χ1v) is 7.07. The predicted molar refractivity (Wildman–Crippen MR) is 81.1 cm³/mol. The van der Waals surface area contributed by atoms with Crippen molar-refractivity contribution in [2.75, 3.05) is 13.7 Å². The van der Waals surface area contributed by atoms with Crippen molar-refractivity contribution in [3.63, 3.8) is 0 Å². The van der Waals surface area contributed by atoms with Crippen LogP contribution in [0.25, 0.3) is 0 Å². The lowest BCUT2D eigenvalue weighted by atomic mass is 10.1. The largest absolute Gasteiger partial charge is 0.496 e. The quantitative estimate of drug-likeness (QED) is 0.852. The second-order valence-electron chi connectivity index (χ2n) is 4.90. The van der Waals surface area contributed by atoms with Crippen LogP contribution in [-0.4, -0.2) is 13.7 Å². The van der Waals surface area contributed by atoms with Gasteiger partial charge in [0.1, 0.15) is 18.2 Å². The Hall–Kier alpha value is -2.14. The molecule has 22 heavy (non-hydrogen) atoms. The van der Waals surface area contributed by atoms with Crippen LogP contribution in [0, 0.1) is 11.6 Å². The second-order valence-corrected chi connectivity index (χ2v) is 4.90. The van der Waals surface area contributed by atoms with Gasteiger partial charge in [-0.3, -0.25) is 0 Å². The van der Waals surface area contributed by atoms with E-state index in [1.807, 2.05) is 18.2 Å². The van der Waals surface area contributed by atoms with E-state index < -0.39 is 11.6 Å². The van der Waals surface area contributed by atoms with Crippen LogP contribution in [0.2, 0.25) is 0 Å². The molecule has 0 aliphatic carbocycles. The predicted octanol–water partition coefficient (Wildman–Crippen LogP) is 3.44. The van der Waals surface area contributed by atoms with Gasteiger partial charge in [-0.15, -0.1) is 0 Å². The summed E-state index contributed by atoms with van der Waals surface area (Å²) < 4.78 is 37.2. The Morgan fingerprint density at radius 1 is 1.05 bits per heavy atom. The van der Waals surface area contributed by atoms with Gasteiger partial charge >= 0.3 is 0 Å². The molecule has 0 atom stereocenters. The van der Waals surface area contributed by atoms with Crippen LogP contribution in [0.4, 0.5) is 8.78 Å². The maximum atomic E-state index is 13.6. The Morgan fingerprint density at radius 2 is 1.82 bits per heavy atom. The fraction of sp³-hybridized carbons (Fsp3) is 0.294. The molecule has 2 aromatic rings. The Morgan fingerprint density at radius 3 is 2.50 bits per heavy atom. The highest BCUT2D eigenvalue weighted by Crippen LogP contribution is 2.24. The Bertz CT molecular complexity index is 632. The average Bonchev–Trinajstić information content (AvgIpc) is 2.52. The van der Waals surface area contributed by atoms with E-state index in [-0.39, 0.29) is 12.4 Å². The van der Waals surface area contributed by atoms with Gasteiger partial charge in [0.25, 0.3) is 0 Å². The minimum absolute atomic E-state index is 0.0100. The van der Waals surface area contributed by atoms with E-state index in [4.69, 9.17) is 15.2 Å². The van der Waals surface area contributed by atoms with Crippen molar-refractivity contribution in [3.05, 3.63) is 59.2 Å². The fourth-order valence-electron chi connectivity index (χ4n) is 2.15. The molecule has 118 valence electrons. The third-order valence-electron chi connectivity index (χ3n) is 3.29. The molecule has 0 amide bonds. The van der Waals surface area contributed by atoms with Gasteiger partial charge in [-0.2, -0.15) is 0 Å². The molecule has 2 N–H and O–H groups in total. The van der Waals surface area contributed by atoms with E-state index in [2.05, 4.69) is 0 Å². The number of methoxy groups -OCH3 is 1. The lowest BCUT2D eigenvalue weighted by molar-refractivity contribution is 0.281. The van der Waals surface area contributed by atoms with Crippen LogP contribution in [0.5, 0.6) is 11.5 Å². The zero-order valence-corrected chi connectivity index (χ0v) is 12.4. The monoisotopic (exact) mass is 307 g/mol. The van der Waals surface area contributed by atoms with Gasteiger partial charge in [-0.1, -0.05) is 6.07 Å². The summed E-state index contributed by atoms with van der Waals surface area (Å²) in [6.07, 6.45) is 1.75. The summed E-state index contributed by atoms with van der Waals surface area (Å²) in [5.74, 6) is -0.681. The first kappa shape index (κ1) is 16.2. The van der Waals surface area contributed by atoms with Crippen LogP contribution >= 0.6 is 0 Å². The highest BCUT2D eigenvalue weighted by Gasteiger charge is 2.09. The molecule has 5 heteroatoms. The van der Waals surface area contributed by atoms with Crippen LogP contribution in [-0.2, 0) is 13.0 Å². The standard InChI is InChI=1S/C17H19F2NO2/c1-21-16-6-4-12(3-2-8-20)9-13(16)11-22-17-7-5-14(18)10-15(17)19/h4-7,9-10H,2-3,8,11,20H2,1H3. The smallest absolute Gasteiger partial charge is 0.167 e. The molecule has 0 aliphatic heterocycles. The van der Waals surface area contributed by atoms with Gasteiger partial charge < -0.3 is 15.2 Å². The summed E-state index contributed by atoms with van der Waals surface area (Å²) in [6.45, 7) is 0.765. The van der Waals surface area contributed by atoms with Gasteiger partial charge in [-0.25, -0.2) is 8.78 Å². The molecule has 0 radical (unpaired) electrons. The molecule has 2 aromatic carbocycles. The Balaban J connectivity index is 2.13. The number of halogens is 2. The zero-order valence-electron chi connectivity index (χ0n) is 12.4. The molecule has 0 bridgehead atoms. The minimum Gasteiger partial charge on any atom is -0.496 e. The van der Waals surface area contributed by atoms with Gasteiger partial charge in [0, 0.05) is 11.6 Å².